The summed E-state index contributed by atoms with van der Waals surface area (Å²) in [5, 5.41) is 6.27. The summed E-state index contributed by atoms with van der Waals surface area (Å²) in [7, 11) is 1.63. The molecule has 0 atom stereocenters. The van der Waals surface area contributed by atoms with Crippen LogP contribution in [0.1, 0.15) is 25.0 Å². The normalized spacial score (nSPS) is 13.8. The lowest BCUT2D eigenvalue weighted by atomic mass is 9.83. The Hall–Kier alpha value is -2.82. The molecule has 2 N–H and O–H groups in total. The van der Waals surface area contributed by atoms with Crippen LogP contribution in [-0.2, 0) is 10.2 Å². The summed E-state index contributed by atoms with van der Waals surface area (Å²) >= 11 is 0. The van der Waals surface area contributed by atoms with Crippen molar-refractivity contribution in [1.29, 1.82) is 0 Å². The van der Waals surface area contributed by atoms with E-state index < -0.39 is 5.41 Å². The molecule has 3 rings (SSSR count). The van der Waals surface area contributed by atoms with Gasteiger partial charge in [-0.15, -0.1) is 0 Å². The quantitative estimate of drug-likeness (QED) is 0.882. The average Bonchev–Trinajstić information content (AvgIpc) is 3.16. The van der Waals surface area contributed by atoms with Crippen molar-refractivity contribution < 1.29 is 9.53 Å². The molecule has 1 amide bonds. The Labute approximate surface area is 148 Å². The molecule has 0 saturated carbocycles. The molecule has 5 nitrogen and oxygen atoms in total. The molecule has 0 saturated heterocycles. The molecular weight excluding hydrogens is 314 g/mol. The Morgan fingerprint density at radius 3 is 2.60 bits per heavy atom. The van der Waals surface area contributed by atoms with Gasteiger partial charge in [-0.25, -0.2) is 0 Å². The molecule has 25 heavy (non-hydrogen) atoms. The van der Waals surface area contributed by atoms with Gasteiger partial charge in [-0.2, -0.15) is 0 Å². The number of benzene rings is 2. The van der Waals surface area contributed by atoms with E-state index in [-0.39, 0.29) is 5.91 Å². The van der Waals surface area contributed by atoms with E-state index >= 15 is 0 Å². The van der Waals surface area contributed by atoms with Gasteiger partial charge in [0.15, 0.2) is 0 Å². The van der Waals surface area contributed by atoms with Crippen molar-refractivity contribution in [2.24, 2.45) is 4.99 Å². The first-order chi connectivity index (χ1) is 12.0. The molecule has 0 aromatic heterocycles. The lowest BCUT2D eigenvalue weighted by molar-refractivity contribution is -0.120. The number of methoxy groups -OCH3 is 1. The molecule has 0 fully saturated rings. The minimum absolute atomic E-state index is 0.0591. The van der Waals surface area contributed by atoms with Crippen molar-refractivity contribution in [2.75, 3.05) is 25.5 Å². The summed E-state index contributed by atoms with van der Waals surface area (Å²) in [6.07, 6.45) is 0. The highest BCUT2D eigenvalue weighted by atomic mass is 16.5. The number of aliphatic imine (C=N–C) groups is 1. The van der Waals surface area contributed by atoms with E-state index in [4.69, 9.17) is 4.74 Å². The Kier molecular flexibility index (Phi) is 4.74. The highest BCUT2D eigenvalue weighted by Crippen LogP contribution is 2.27. The number of hydrogen-bond acceptors (Lipinski definition) is 4. The number of anilines is 1. The van der Waals surface area contributed by atoms with Gasteiger partial charge >= 0.3 is 0 Å². The fourth-order valence-corrected chi connectivity index (χ4v) is 2.76. The van der Waals surface area contributed by atoms with Crippen molar-refractivity contribution in [3.8, 4) is 5.75 Å². The zero-order chi connectivity index (χ0) is 17.9. The van der Waals surface area contributed by atoms with Crippen LogP contribution in [0.5, 0.6) is 5.75 Å². The maximum absolute atomic E-state index is 12.8. The maximum Gasteiger partial charge on any atom is 0.234 e. The molecular formula is C20H23N3O2. The zero-order valence-corrected chi connectivity index (χ0v) is 14.8. The number of nitrogens with one attached hydrogen (secondary N) is 2. The van der Waals surface area contributed by atoms with Gasteiger partial charge in [0.25, 0.3) is 0 Å². The van der Waals surface area contributed by atoms with Crippen molar-refractivity contribution in [3.05, 3.63) is 59.7 Å². The fraction of sp³-hybridized carbons (Fsp3) is 0.300. The number of nitrogens with zero attached hydrogens (tertiary/aromatic N) is 1. The van der Waals surface area contributed by atoms with E-state index in [9.17, 15) is 4.79 Å². The number of rotatable bonds is 5. The Balaban J connectivity index is 1.77. The van der Waals surface area contributed by atoms with Gasteiger partial charge in [0.1, 0.15) is 11.6 Å². The van der Waals surface area contributed by atoms with Crippen molar-refractivity contribution in [3.63, 3.8) is 0 Å². The lowest BCUT2D eigenvalue weighted by Crippen LogP contribution is -2.34. The van der Waals surface area contributed by atoms with E-state index in [1.165, 1.54) is 0 Å². The minimum Gasteiger partial charge on any atom is -0.497 e. The lowest BCUT2D eigenvalue weighted by Gasteiger charge is -2.24. The number of amidine groups is 1. The maximum atomic E-state index is 12.8. The smallest absolute Gasteiger partial charge is 0.234 e. The van der Waals surface area contributed by atoms with Gasteiger partial charge in [0, 0.05) is 17.8 Å². The van der Waals surface area contributed by atoms with E-state index in [2.05, 4.69) is 15.6 Å². The van der Waals surface area contributed by atoms with Crippen LogP contribution in [0.25, 0.3) is 0 Å². The number of ether oxygens (including phenoxy) is 1. The topological polar surface area (TPSA) is 62.7 Å². The first kappa shape index (κ1) is 17.0. The summed E-state index contributed by atoms with van der Waals surface area (Å²) in [6, 6.07) is 15.3. The van der Waals surface area contributed by atoms with Gasteiger partial charge in [-0.05, 0) is 43.7 Å². The van der Waals surface area contributed by atoms with Crippen LogP contribution in [0.3, 0.4) is 0 Å². The summed E-state index contributed by atoms with van der Waals surface area (Å²) in [6.45, 7) is 5.47. The first-order valence-electron chi connectivity index (χ1n) is 8.35. The summed E-state index contributed by atoms with van der Waals surface area (Å²) < 4.78 is 5.18. The Morgan fingerprint density at radius 1 is 1.20 bits per heavy atom. The van der Waals surface area contributed by atoms with Crippen LogP contribution < -0.4 is 15.4 Å². The molecule has 5 heteroatoms. The van der Waals surface area contributed by atoms with Crippen molar-refractivity contribution in [1.82, 2.24) is 5.32 Å². The van der Waals surface area contributed by atoms with Crippen LogP contribution in [0.4, 0.5) is 5.69 Å². The minimum atomic E-state index is -0.661. The van der Waals surface area contributed by atoms with Crippen LogP contribution in [0.2, 0.25) is 0 Å². The number of carbonyl (C=O) groups excluding carboxylic acids is 1. The van der Waals surface area contributed by atoms with E-state index in [1.54, 1.807) is 7.11 Å². The van der Waals surface area contributed by atoms with E-state index in [0.29, 0.717) is 0 Å². The molecule has 0 unspecified atom stereocenters. The first-order valence-corrected chi connectivity index (χ1v) is 8.35. The Morgan fingerprint density at radius 2 is 1.96 bits per heavy atom. The fourth-order valence-electron chi connectivity index (χ4n) is 2.76. The molecule has 130 valence electrons. The second kappa shape index (κ2) is 6.97. The molecule has 0 aliphatic carbocycles. The summed E-state index contributed by atoms with van der Waals surface area (Å²) in [5.74, 6) is 1.60. The third-order valence-electron chi connectivity index (χ3n) is 4.45. The predicted molar refractivity (Wildman–Crippen MR) is 100 cm³/mol. The highest BCUT2D eigenvalue weighted by molar-refractivity contribution is 6.02. The number of hydrogen-bond donors (Lipinski definition) is 2. The summed E-state index contributed by atoms with van der Waals surface area (Å²) in [4.78, 5) is 17.3. The van der Waals surface area contributed by atoms with E-state index in [1.807, 2.05) is 62.4 Å². The molecule has 2 aromatic carbocycles. The standard InChI is InChI=1S/C20H23N3O2/c1-20(2,15-7-9-17(25-3)10-8-15)19(24)23-16-6-4-5-14(13-16)18-21-11-12-22-18/h4-10,13H,11-12H2,1-3H3,(H,21,22)(H,23,24). The van der Waals surface area contributed by atoms with Gasteiger partial charge in [0.05, 0.1) is 19.1 Å². The second-order valence-electron chi connectivity index (χ2n) is 6.55. The average molecular weight is 337 g/mol. The second-order valence-corrected chi connectivity index (χ2v) is 6.55. The summed E-state index contributed by atoms with van der Waals surface area (Å²) in [5.41, 5.74) is 2.02. The Bertz CT molecular complexity index is 795. The molecule has 0 bridgehead atoms. The van der Waals surface area contributed by atoms with Crippen LogP contribution in [0.15, 0.2) is 53.5 Å². The highest BCUT2D eigenvalue weighted by Gasteiger charge is 2.30. The third-order valence-corrected chi connectivity index (χ3v) is 4.45. The molecule has 1 aliphatic heterocycles. The van der Waals surface area contributed by atoms with Gasteiger partial charge in [-0.3, -0.25) is 9.79 Å². The molecule has 1 aliphatic rings. The van der Waals surface area contributed by atoms with Gasteiger partial charge in [-0.1, -0.05) is 24.3 Å². The largest absolute Gasteiger partial charge is 0.497 e. The van der Waals surface area contributed by atoms with Crippen LogP contribution in [0, 0.1) is 0 Å². The predicted octanol–water partition coefficient (Wildman–Crippen LogP) is 2.96. The van der Waals surface area contributed by atoms with Crippen molar-refractivity contribution in [2.45, 2.75) is 19.3 Å². The third kappa shape index (κ3) is 3.65. The monoisotopic (exact) mass is 337 g/mol. The SMILES string of the molecule is COc1ccc(C(C)(C)C(=O)Nc2cccc(C3=NCCN3)c2)cc1. The van der Waals surface area contributed by atoms with Gasteiger partial charge in [0.2, 0.25) is 5.91 Å². The van der Waals surface area contributed by atoms with Crippen LogP contribution in [-0.4, -0.2) is 31.9 Å². The number of carbonyl (C=O) groups is 1. The molecule has 1 heterocycles. The van der Waals surface area contributed by atoms with E-state index in [0.717, 1.165) is 41.5 Å². The van der Waals surface area contributed by atoms with Gasteiger partial charge < -0.3 is 15.4 Å². The zero-order valence-electron chi connectivity index (χ0n) is 14.8. The van der Waals surface area contributed by atoms with Crippen molar-refractivity contribution >= 4 is 17.4 Å². The number of amides is 1. The van der Waals surface area contributed by atoms with Crippen LogP contribution >= 0.6 is 0 Å². The molecule has 0 spiro atoms. The molecule has 2 aromatic rings. The molecule has 0 radical (unpaired) electrons.